The predicted octanol–water partition coefficient (Wildman–Crippen LogP) is 4.90. The first-order chi connectivity index (χ1) is 10.8. The zero-order valence-corrected chi connectivity index (χ0v) is 16.5. The number of aromatic hydroxyl groups is 1. The second-order valence-electron chi connectivity index (χ2n) is 8.25. The Balaban J connectivity index is 2.99. The van der Waals surface area contributed by atoms with Gasteiger partial charge in [-0.15, -0.1) is 0 Å². The fourth-order valence-corrected chi connectivity index (χ4v) is 3.32. The Kier molecular flexibility index (Phi) is 6.57. The first kappa shape index (κ1) is 20.6. The molecule has 1 aromatic carbocycles. The van der Waals surface area contributed by atoms with Crippen LogP contribution >= 0.6 is 11.8 Å². The van der Waals surface area contributed by atoms with E-state index in [9.17, 15) is 9.90 Å². The summed E-state index contributed by atoms with van der Waals surface area (Å²) in [6.45, 7) is 16.2. The number of carboxylic acids is 1. The molecule has 1 aromatic rings. The Labute approximate surface area is 150 Å². The molecule has 0 aliphatic heterocycles. The number of benzene rings is 1. The van der Waals surface area contributed by atoms with Crippen molar-refractivity contribution in [2.75, 3.05) is 11.5 Å². The number of carboxylic acid groups (broad SMARTS) is 1. The van der Waals surface area contributed by atoms with E-state index in [1.165, 1.54) is 5.56 Å². The van der Waals surface area contributed by atoms with Crippen LogP contribution in [0.3, 0.4) is 0 Å². The number of hydrogen-bond donors (Lipinski definition) is 2. The van der Waals surface area contributed by atoms with Gasteiger partial charge in [-0.1, -0.05) is 60.3 Å². The van der Waals surface area contributed by atoms with Gasteiger partial charge >= 0.3 is 5.97 Å². The Morgan fingerprint density at radius 1 is 1.08 bits per heavy atom. The summed E-state index contributed by atoms with van der Waals surface area (Å²) in [4.78, 5) is 10.8. The number of phenols is 1. The van der Waals surface area contributed by atoms with Crippen LogP contribution in [0.25, 0.3) is 0 Å². The highest BCUT2D eigenvalue weighted by Gasteiger charge is 2.26. The largest absolute Gasteiger partial charge is 0.507 e. The van der Waals surface area contributed by atoms with Gasteiger partial charge in [-0.2, -0.15) is 11.8 Å². The van der Waals surface area contributed by atoms with Gasteiger partial charge in [-0.05, 0) is 39.7 Å². The van der Waals surface area contributed by atoms with Gasteiger partial charge in [0.2, 0.25) is 0 Å². The molecule has 0 aliphatic carbocycles. The molecule has 1 rings (SSSR count). The van der Waals surface area contributed by atoms with E-state index >= 15 is 0 Å². The molecule has 0 unspecified atom stereocenters. The Hall–Kier alpha value is -1.42. The van der Waals surface area contributed by atoms with Gasteiger partial charge in [0.05, 0.1) is 0 Å². The van der Waals surface area contributed by atoms with E-state index in [4.69, 9.17) is 5.11 Å². The Morgan fingerprint density at radius 3 is 1.92 bits per heavy atom. The number of rotatable bonds is 6. The van der Waals surface area contributed by atoms with Crippen molar-refractivity contribution in [2.24, 2.45) is 0 Å². The molecule has 0 spiro atoms. The fourth-order valence-electron chi connectivity index (χ4n) is 2.43. The second-order valence-corrected chi connectivity index (χ2v) is 9.36. The molecule has 2 N–H and O–H groups in total. The van der Waals surface area contributed by atoms with E-state index < -0.39 is 5.97 Å². The number of aliphatic carboxylic acids is 1. The highest BCUT2D eigenvalue weighted by molar-refractivity contribution is 7.99. The minimum absolute atomic E-state index is 0.134. The summed E-state index contributed by atoms with van der Waals surface area (Å²) in [5.41, 5.74) is 3.07. The third-order valence-corrected chi connectivity index (χ3v) is 4.94. The van der Waals surface area contributed by atoms with Crippen molar-refractivity contribution in [1.29, 1.82) is 0 Å². The van der Waals surface area contributed by atoms with Gasteiger partial charge in [0, 0.05) is 11.3 Å². The molecule has 134 valence electrons. The van der Waals surface area contributed by atoms with Crippen LogP contribution in [0.15, 0.2) is 24.3 Å². The van der Waals surface area contributed by atoms with Gasteiger partial charge in [0.15, 0.2) is 0 Å². The van der Waals surface area contributed by atoms with Crippen LogP contribution in [0.4, 0.5) is 0 Å². The maximum atomic E-state index is 10.8. The molecule has 0 saturated carbocycles. The first-order valence-corrected chi connectivity index (χ1v) is 9.35. The predicted molar refractivity (Wildman–Crippen MR) is 103 cm³/mol. The molecule has 0 aliphatic rings. The fraction of sp³-hybridized carbons (Fsp3) is 0.550. The summed E-state index contributed by atoms with van der Waals surface area (Å²) >= 11 is 1.57. The molecule has 0 atom stereocenters. The van der Waals surface area contributed by atoms with Crippen molar-refractivity contribution in [3.63, 3.8) is 0 Å². The number of thioether (sulfide) groups is 1. The third kappa shape index (κ3) is 5.59. The SMILES string of the molecule is C=C(CSCCc1cc(C(C)(C)C)c(O)c(C(C)(C)C)c1)C(=O)O. The van der Waals surface area contributed by atoms with Crippen LogP contribution in [0, 0.1) is 0 Å². The molecule has 0 radical (unpaired) electrons. The number of aryl methyl sites for hydroxylation is 1. The van der Waals surface area contributed by atoms with E-state index in [0.717, 1.165) is 23.3 Å². The van der Waals surface area contributed by atoms with Crippen molar-refractivity contribution in [2.45, 2.75) is 58.8 Å². The first-order valence-electron chi connectivity index (χ1n) is 8.19. The summed E-state index contributed by atoms with van der Waals surface area (Å²) in [6, 6.07) is 4.16. The van der Waals surface area contributed by atoms with E-state index in [0.29, 0.717) is 11.5 Å². The smallest absolute Gasteiger partial charge is 0.331 e. The maximum absolute atomic E-state index is 10.8. The quantitative estimate of drug-likeness (QED) is 0.566. The highest BCUT2D eigenvalue weighted by atomic mass is 32.2. The lowest BCUT2D eigenvalue weighted by Crippen LogP contribution is -2.18. The second kappa shape index (κ2) is 7.64. The van der Waals surface area contributed by atoms with E-state index in [1.54, 1.807) is 11.8 Å². The Morgan fingerprint density at radius 2 is 1.54 bits per heavy atom. The normalized spacial score (nSPS) is 12.2. The molecule has 0 heterocycles. The summed E-state index contributed by atoms with van der Waals surface area (Å²) in [5.74, 6) is 0.721. The van der Waals surface area contributed by atoms with Crippen molar-refractivity contribution in [3.8, 4) is 5.75 Å². The highest BCUT2D eigenvalue weighted by Crippen LogP contribution is 2.39. The number of hydrogen-bond acceptors (Lipinski definition) is 3. The summed E-state index contributed by atoms with van der Waals surface area (Å²) in [6.07, 6.45) is 0.837. The Bertz CT molecular complexity index is 584. The topological polar surface area (TPSA) is 57.5 Å². The lowest BCUT2D eigenvalue weighted by atomic mass is 9.78. The van der Waals surface area contributed by atoms with E-state index in [2.05, 4.69) is 60.3 Å². The molecule has 0 aromatic heterocycles. The van der Waals surface area contributed by atoms with Crippen LogP contribution in [0.2, 0.25) is 0 Å². The number of phenolic OH excluding ortho intramolecular Hbond substituents is 1. The molecule has 0 saturated heterocycles. The lowest BCUT2D eigenvalue weighted by Gasteiger charge is -2.28. The molecule has 24 heavy (non-hydrogen) atoms. The van der Waals surface area contributed by atoms with Gasteiger partial charge in [0.25, 0.3) is 0 Å². The monoisotopic (exact) mass is 350 g/mol. The van der Waals surface area contributed by atoms with Crippen LogP contribution in [-0.2, 0) is 22.0 Å². The standard InChI is InChI=1S/C20H30O3S/c1-13(18(22)23)12-24-9-8-14-10-15(19(2,3)4)17(21)16(11-14)20(5,6)7/h10-11,21H,1,8-9,12H2,2-7H3,(H,22,23). The lowest BCUT2D eigenvalue weighted by molar-refractivity contribution is -0.132. The average molecular weight is 351 g/mol. The minimum Gasteiger partial charge on any atom is -0.507 e. The van der Waals surface area contributed by atoms with E-state index in [-0.39, 0.29) is 16.4 Å². The number of carbonyl (C=O) groups is 1. The molecule has 0 bridgehead atoms. The molecular weight excluding hydrogens is 320 g/mol. The molecule has 4 heteroatoms. The van der Waals surface area contributed by atoms with Gasteiger partial charge in [-0.3, -0.25) is 0 Å². The zero-order chi connectivity index (χ0) is 18.7. The maximum Gasteiger partial charge on any atom is 0.331 e. The summed E-state index contributed by atoms with van der Waals surface area (Å²) in [7, 11) is 0. The molecule has 0 fully saturated rings. The molecule has 0 amide bonds. The van der Waals surface area contributed by atoms with Gasteiger partial charge < -0.3 is 10.2 Å². The van der Waals surface area contributed by atoms with Crippen molar-refractivity contribution in [1.82, 2.24) is 0 Å². The van der Waals surface area contributed by atoms with Gasteiger partial charge in [-0.25, -0.2) is 4.79 Å². The van der Waals surface area contributed by atoms with Crippen molar-refractivity contribution >= 4 is 17.7 Å². The van der Waals surface area contributed by atoms with E-state index in [1.807, 2.05) is 0 Å². The summed E-state index contributed by atoms with van der Waals surface area (Å²) < 4.78 is 0. The van der Waals surface area contributed by atoms with Gasteiger partial charge in [0.1, 0.15) is 5.75 Å². The zero-order valence-electron chi connectivity index (χ0n) is 15.7. The van der Waals surface area contributed by atoms with Crippen LogP contribution in [-0.4, -0.2) is 27.7 Å². The van der Waals surface area contributed by atoms with Crippen LogP contribution < -0.4 is 0 Å². The molecule has 3 nitrogen and oxygen atoms in total. The minimum atomic E-state index is -0.933. The third-order valence-electron chi connectivity index (χ3n) is 3.90. The summed E-state index contributed by atoms with van der Waals surface area (Å²) in [5, 5.41) is 19.5. The molecular formula is C20H30O3S. The van der Waals surface area contributed by atoms with Crippen LogP contribution in [0.5, 0.6) is 5.75 Å². The van der Waals surface area contributed by atoms with Crippen molar-refractivity contribution < 1.29 is 15.0 Å². The van der Waals surface area contributed by atoms with Crippen LogP contribution in [0.1, 0.15) is 58.2 Å². The van der Waals surface area contributed by atoms with Crippen molar-refractivity contribution in [3.05, 3.63) is 41.0 Å². The average Bonchev–Trinajstić information content (AvgIpc) is 2.41.